The van der Waals surface area contributed by atoms with Crippen molar-refractivity contribution >= 4 is 11.5 Å². The van der Waals surface area contributed by atoms with Gasteiger partial charge in [-0.3, -0.25) is 14.3 Å². The van der Waals surface area contributed by atoms with E-state index in [-0.39, 0.29) is 0 Å². The first-order valence-corrected chi connectivity index (χ1v) is 6.18. The lowest BCUT2D eigenvalue weighted by atomic mass is 9.99. The largest absolute Gasteiger partial charge is 0.329 e. The molecule has 5 heteroatoms. The van der Waals surface area contributed by atoms with Crippen molar-refractivity contribution in [3.05, 3.63) is 56.2 Å². The number of H-pyrrole nitrogens is 1. The van der Waals surface area contributed by atoms with Crippen LogP contribution in [0.1, 0.15) is 19.4 Å². The van der Waals surface area contributed by atoms with Gasteiger partial charge in [-0.25, -0.2) is 4.79 Å². The molecular formula is C14H15N3O2. The first kappa shape index (κ1) is 10.6. The number of aromatic amines is 1. The molecule has 19 heavy (non-hydrogen) atoms. The van der Waals surface area contributed by atoms with E-state index in [4.69, 9.17) is 1.37 Å². The van der Waals surface area contributed by atoms with Crippen LogP contribution in [0.4, 0.5) is 11.5 Å². The number of hydrogen-bond acceptors (Lipinski definition) is 3. The summed E-state index contributed by atoms with van der Waals surface area (Å²) in [5.74, 6) is 0.444. The van der Waals surface area contributed by atoms with Crippen LogP contribution in [0.25, 0.3) is 0 Å². The Morgan fingerprint density at radius 1 is 1.37 bits per heavy atom. The van der Waals surface area contributed by atoms with Crippen molar-refractivity contribution in [2.24, 2.45) is 7.05 Å². The van der Waals surface area contributed by atoms with E-state index in [1.165, 1.54) is 7.05 Å². The molecular weight excluding hydrogens is 242 g/mol. The molecule has 0 saturated carbocycles. The molecule has 1 N–H and O–H groups in total. The van der Waals surface area contributed by atoms with E-state index in [1.54, 1.807) is 0 Å². The van der Waals surface area contributed by atoms with Crippen LogP contribution >= 0.6 is 0 Å². The molecule has 1 aromatic carbocycles. The number of fused-ring (bicyclic) bond motifs is 2. The molecule has 0 spiro atoms. The van der Waals surface area contributed by atoms with Crippen LogP contribution in [0.5, 0.6) is 0 Å². The summed E-state index contributed by atoms with van der Waals surface area (Å²) in [5, 5.41) is 0. The normalized spacial score (nSPS) is 17.7. The Morgan fingerprint density at radius 2 is 2.11 bits per heavy atom. The van der Waals surface area contributed by atoms with Gasteiger partial charge in [0.25, 0.3) is 5.56 Å². The van der Waals surface area contributed by atoms with E-state index in [2.05, 4.69) is 4.98 Å². The minimum absolute atomic E-state index is 0.327. The van der Waals surface area contributed by atoms with Crippen LogP contribution in [0.2, 0.25) is 0 Å². The lowest BCUT2D eigenvalue weighted by molar-refractivity contribution is 0.743. The van der Waals surface area contributed by atoms with Gasteiger partial charge in [-0.05, 0) is 18.6 Å². The topological polar surface area (TPSA) is 58.1 Å². The lowest BCUT2D eigenvalue weighted by Gasteiger charge is -2.31. The molecule has 1 aliphatic rings. The van der Waals surface area contributed by atoms with Crippen LogP contribution in [0.15, 0.2) is 33.9 Å². The standard InChI is InChI=1S/C14H15N3O2/c1-3-17-11-7-5-4-6-9(11)8-10-12(17)15-14(19)16(2)13(10)18/h4-7H,3,8H2,1-2H3,(H,15,19)/i8D. The first-order chi connectivity index (χ1) is 9.56. The monoisotopic (exact) mass is 258 g/mol. The molecule has 2 heterocycles. The highest BCUT2D eigenvalue weighted by Gasteiger charge is 2.25. The third-order valence-electron chi connectivity index (χ3n) is 3.43. The Balaban J connectivity index is 2.39. The fourth-order valence-corrected chi connectivity index (χ4v) is 2.43. The second kappa shape index (κ2) is 4.12. The van der Waals surface area contributed by atoms with E-state index in [9.17, 15) is 9.59 Å². The van der Waals surface area contributed by atoms with Crippen molar-refractivity contribution in [3.63, 3.8) is 0 Å². The fraction of sp³-hybridized carbons (Fsp3) is 0.286. The second-order valence-corrected chi connectivity index (χ2v) is 4.50. The van der Waals surface area contributed by atoms with Crippen LogP contribution in [-0.4, -0.2) is 16.1 Å². The number of anilines is 2. The Kier molecular flexibility index (Phi) is 2.30. The van der Waals surface area contributed by atoms with Crippen molar-refractivity contribution in [1.29, 1.82) is 0 Å². The molecule has 0 saturated heterocycles. The van der Waals surface area contributed by atoms with E-state index >= 15 is 0 Å². The van der Waals surface area contributed by atoms with Gasteiger partial charge >= 0.3 is 5.69 Å². The average molecular weight is 258 g/mol. The number of benzene rings is 1. The summed E-state index contributed by atoms with van der Waals surface area (Å²) < 4.78 is 9.36. The van der Waals surface area contributed by atoms with Crippen LogP contribution < -0.4 is 16.1 Å². The van der Waals surface area contributed by atoms with Crippen molar-refractivity contribution in [2.45, 2.75) is 13.3 Å². The van der Waals surface area contributed by atoms with Gasteiger partial charge < -0.3 is 4.90 Å². The van der Waals surface area contributed by atoms with Gasteiger partial charge in [-0.15, -0.1) is 0 Å². The molecule has 0 fully saturated rings. The van der Waals surface area contributed by atoms with Crippen molar-refractivity contribution in [3.8, 4) is 0 Å². The summed E-state index contributed by atoms with van der Waals surface area (Å²) >= 11 is 0. The van der Waals surface area contributed by atoms with E-state index < -0.39 is 17.6 Å². The van der Waals surface area contributed by atoms with Crippen molar-refractivity contribution in [2.75, 3.05) is 11.4 Å². The van der Waals surface area contributed by atoms with Crippen molar-refractivity contribution in [1.82, 2.24) is 9.55 Å². The van der Waals surface area contributed by atoms with Crippen molar-refractivity contribution < 1.29 is 1.37 Å². The molecule has 1 atom stereocenters. The predicted octanol–water partition coefficient (Wildman–Crippen LogP) is 1.14. The van der Waals surface area contributed by atoms with Gasteiger partial charge in [-0.1, -0.05) is 18.2 Å². The maximum absolute atomic E-state index is 12.3. The van der Waals surface area contributed by atoms with Crippen LogP contribution in [-0.2, 0) is 13.4 Å². The molecule has 0 aliphatic carbocycles. The minimum atomic E-state index is -0.778. The molecule has 3 rings (SSSR count). The summed E-state index contributed by atoms with van der Waals surface area (Å²) in [6.07, 6.45) is -0.778. The zero-order chi connectivity index (χ0) is 14.4. The highest BCUT2D eigenvalue weighted by atomic mass is 16.2. The van der Waals surface area contributed by atoms with E-state index in [1.807, 2.05) is 36.1 Å². The zero-order valence-corrected chi connectivity index (χ0v) is 10.8. The number of aromatic nitrogens is 2. The number of rotatable bonds is 1. The molecule has 2 aromatic rings. The SMILES string of the molecule is [2H]C1c2ccccc2N(CC)c2[nH]c(=O)n(C)c(=O)c21. The Hall–Kier alpha value is -2.30. The highest BCUT2D eigenvalue weighted by molar-refractivity contribution is 5.70. The third-order valence-corrected chi connectivity index (χ3v) is 3.43. The average Bonchev–Trinajstić information content (AvgIpc) is 2.45. The predicted molar refractivity (Wildman–Crippen MR) is 74.2 cm³/mol. The number of nitrogens with one attached hydrogen (secondary N) is 1. The summed E-state index contributed by atoms with van der Waals surface area (Å²) in [5.41, 5.74) is 1.11. The van der Waals surface area contributed by atoms with Gasteiger partial charge in [0.2, 0.25) is 0 Å². The molecule has 98 valence electrons. The summed E-state index contributed by atoms with van der Waals surface area (Å²) in [6, 6.07) is 7.50. The number of para-hydroxylation sites is 1. The molecule has 1 aromatic heterocycles. The Bertz CT molecular complexity index is 794. The van der Waals surface area contributed by atoms with E-state index in [0.717, 1.165) is 15.8 Å². The van der Waals surface area contributed by atoms with Gasteiger partial charge in [-0.2, -0.15) is 0 Å². The van der Waals surface area contributed by atoms with Gasteiger partial charge in [0.1, 0.15) is 5.82 Å². The maximum Gasteiger partial charge on any atom is 0.329 e. The fourth-order valence-electron chi connectivity index (χ4n) is 2.43. The number of nitrogens with zero attached hydrogens (tertiary/aromatic N) is 2. The molecule has 1 aliphatic heterocycles. The van der Waals surface area contributed by atoms with Gasteiger partial charge in [0.15, 0.2) is 0 Å². The first-order valence-electron chi connectivity index (χ1n) is 6.76. The summed E-state index contributed by atoms with van der Waals surface area (Å²) in [7, 11) is 1.42. The summed E-state index contributed by atoms with van der Waals surface area (Å²) in [6.45, 7) is 2.56. The highest BCUT2D eigenvalue weighted by Crippen LogP contribution is 2.34. The van der Waals surface area contributed by atoms with Gasteiger partial charge in [0, 0.05) is 27.0 Å². The van der Waals surface area contributed by atoms with Crippen LogP contribution in [0.3, 0.4) is 0 Å². The zero-order valence-electron chi connectivity index (χ0n) is 11.8. The third kappa shape index (κ3) is 1.62. The maximum atomic E-state index is 12.3. The van der Waals surface area contributed by atoms with Gasteiger partial charge in [0.05, 0.1) is 5.56 Å². The Morgan fingerprint density at radius 3 is 2.84 bits per heavy atom. The molecule has 5 nitrogen and oxygen atoms in total. The summed E-state index contributed by atoms with van der Waals surface area (Å²) in [4.78, 5) is 28.7. The second-order valence-electron chi connectivity index (χ2n) is 4.50. The smallest absolute Gasteiger partial charge is 0.327 e. The van der Waals surface area contributed by atoms with Crippen LogP contribution in [0, 0.1) is 0 Å². The number of hydrogen-bond donors (Lipinski definition) is 1. The lowest BCUT2D eigenvalue weighted by Crippen LogP contribution is -2.39. The van der Waals surface area contributed by atoms with E-state index in [0.29, 0.717) is 17.9 Å². The quantitative estimate of drug-likeness (QED) is 0.834. The molecule has 0 radical (unpaired) electrons. The Labute approximate surface area is 111 Å². The molecule has 0 amide bonds. The molecule has 1 unspecified atom stereocenters. The molecule has 0 bridgehead atoms. The minimum Gasteiger partial charge on any atom is -0.327 e.